The van der Waals surface area contributed by atoms with E-state index in [0.29, 0.717) is 0 Å². The summed E-state index contributed by atoms with van der Waals surface area (Å²) in [5.74, 6) is -0.444. The zero-order valence-electron chi connectivity index (χ0n) is 12.5. The number of ether oxygens (including phenoxy) is 1. The van der Waals surface area contributed by atoms with Crippen molar-refractivity contribution < 1.29 is 30.5 Å². The number of rotatable bonds is 4. The number of aliphatic hydroxyl groups excluding tert-OH is 3. The van der Waals surface area contributed by atoms with E-state index in [-0.39, 0.29) is 33.5 Å². The molecule has 1 saturated heterocycles. The van der Waals surface area contributed by atoms with Crippen LogP contribution in [0.5, 0.6) is 0 Å². The lowest BCUT2D eigenvalue weighted by Crippen LogP contribution is -2.33. The molecule has 0 aromatic carbocycles. The van der Waals surface area contributed by atoms with Gasteiger partial charge in [0.2, 0.25) is 5.28 Å². The molecule has 3 heterocycles. The van der Waals surface area contributed by atoms with Gasteiger partial charge in [-0.1, -0.05) is 5.16 Å². The fourth-order valence-corrected chi connectivity index (χ4v) is 2.92. The molecule has 0 saturated carbocycles. The van der Waals surface area contributed by atoms with E-state index in [1.165, 1.54) is 10.8 Å². The Morgan fingerprint density at radius 1 is 1.40 bits per heavy atom. The number of anilines is 1. The summed E-state index contributed by atoms with van der Waals surface area (Å²) in [6, 6.07) is 0. The van der Waals surface area contributed by atoms with E-state index in [1.807, 2.05) is 5.48 Å². The summed E-state index contributed by atoms with van der Waals surface area (Å²) >= 11 is 5.83. The predicted molar refractivity (Wildman–Crippen MR) is 83.5 cm³/mol. The van der Waals surface area contributed by atoms with Crippen molar-refractivity contribution in [3.8, 4) is 0 Å². The fraction of sp³-hybridized carbons (Fsp3) is 0.417. The monoisotopic (exact) mass is 374 g/mol. The van der Waals surface area contributed by atoms with Crippen molar-refractivity contribution >= 4 is 34.3 Å². The van der Waals surface area contributed by atoms with Gasteiger partial charge in [0.05, 0.1) is 17.6 Å². The Hall–Kier alpha value is -2.22. The second-order valence-corrected chi connectivity index (χ2v) is 5.65. The number of amidine groups is 1. The first kappa shape index (κ1) is 17.6. The number of hydrogen-bond donors (Lipinski definition) is 7. The molecule has 136 valence electrons. The van der Waals surface area contributed by atoms with Crippen molar-refractivity contribution in [1.29, 1.82) is 0 Å². The first-order valence-electron chi connectivity index (χ1n) is 7.01. The van der Waals surface area contributed by atoms with Crippen molar-refractivity contribution in [3.63, 3.8) is 0 Å². The van der Waals surface area contributed by atoms with Crippen LogP contribution in [0.15, 0.2) is 11.4 Å². The zero-order chi connectivity index (χ0) is 18.3. The highest BCUT2D eigenvalue weighted by molar-refractivity contribution is 6.29. The predicted octanol–water partition coefficient (Wildman–Crippen LogP) is -1.41. The smallest absolute Gasteiger partial charge is 0.226 e. The van der Waals surface area contributed by atoms with Gasteiger partial charge in [-0.2, -0.15) is 9.97 Å². The van der Waals surface area contributed by atoms with Crippen LogP contribution in [0.25, 0.3) is 11.0 Å². The molecule has 2 aromatic rings. The molecule has 0 spiro atoms. The van der Waals surface area contributed by atoms with E-state index < -0.39 is 31.1 Å². The zero-order valence-corrected chi connectivity index (χ0v) is 13.2. The first-order chi connectivity index (χ1) is 11.9. The summed E-state index contributed by atoms with van der Waals surface area (Å²) in [4.78, 5) is 7.81. The van der Waals surface area contributed by atoms with Gasteiger partial charge in [0.25, 0.3) is 0 Å². The van der Waals surface area contributed by atoms with Crippen LogP contribution in [0.1, 0.15) is 11.8 Å². The van der Waals surface area contributed by atoms with Gasteiger partial charge in [-0.15, -0.1) is 0 Å². The van der Waals surface area contributed by atoms with E-state index in [2.05, 4.69) is 15.1 Å². The van der Waals surface area contributed by atoms with Crippen molar-refractivity contribution in [3.05, 3.63) is 17.0 Å². The second kappa shape index (κ2) is 6.59. The molecule has 0 radical (unpaired) electrons. The van der Waals surface area contributed by atoms with E-state index >= 15 is 0 Å². The van der Waals surface area contributed by atoms with Gasteiger partial charge >= 0.3 is 0 Å². The van der Waals surface area contributed by atoms with Crippen molar-refractivity contribution in [2.75, 3.05) is 12.1 Å². The van der Waals surface area contributed by atoms with Gasteiger partial charge in [-0.25, -0.2) is 0 Å². The largest absolute Gasteiger partial charge is 0.409 e. The van der Waals surface area contributed by atoms with Crippen molar-refractivity contribution in [1.82, 2.24) is 14.5 Å². The number of fused-ring (bicyclic) bond motifs is 1. The lowest BCUT2D eigenvalue weighted by molar-refractivity contribution is -0.0508. The molecule has 0 aliphatic carbocycles. The molecule has 3 rings (SSSR count). The van der Waals surface area contributed by atoms with Crippen molar-refractivity contribution in [2.45, 2.75) is 24.5 Å². The normalized spacial score (nSPS) is 27.2. The Kier molecular flexibility index (Phi) is 4.64. The molecule has 4 unspecified atom stereocenters. The van der Waals surface area contributed by atoms with E-state index in [0.717, 1.165) is 0 Å². The number of oxime groups is 1. The van der Waals surface area contributed by atoms with Crippen LogP contribution in [0, 0.1) is 0 Å². The molecule has 13 heteroatoms. The summed E-state index contributed by atoms with van der Waals surface area (Å²) in [6.45, 7) is -0.514. The number of hydrogen-bond acceptors (Lipinski definition) is 10. The third-order valence-electron chi connectivity index (χ3n) is 3.93. The molecular formula is C12H15ClN6O6. The Morgan fingerprint density at radius 2 is 2.12 bits per heavy atom. The Morgan fingerprint density at radius 3 is 2.68 bits per heavy atom. The molecular weight excluding hydrogens is 360 g/mol. The SMILES string of the molecule is NC(=NO)c1cn(C2OC(CO)C(O)C2O)c2nc(Cl)nc(NO)c12. The van der Waals surface area contributed by atoms with Crippen LogP contribution in [-0.4, -0.2) is 71.0 Å². The summed E-state index contributed by atoms with van der Waals surface area (Å²) in [7, 11) is 0. The van der Waals surface area contributed by atoms with Crippen molar-refractivity contribution in [2.24, 2.45) is 10.9 Å². The van der Waals surface area contributed by atoms with Crippen LogP contribution < -0.4 is 11.2 Å². The quantitative estimate of drug-likeness (QED) is 0.110. The number of nitrogens with zero attached hydrogens (tertiary/aromatic N) is 4. The van der Waals surface area contributed by atoms with Crippen LogP contribution in [0.4, 0.5) is 5.82 Å². The van der Waals surface area contributed by atoms with Gasteiger partial charge in [-0.3, -0.25) is 10.7 Å². The topological polar surface area (TPSA) is 192 Å². The molecule has 25 heavy (non-hydrogen) atoms. The van der Waals surface area contributed by atoms with E-state index in [9.17, 15) is 20.5 Å². The van der Waals surface area contributed by atoms with E-state index in [4.69, 9.17) is 27.3 Å². The molecule has 0 amide bonds. The van der Waals surface area contributed by atoms with Gasteiger partial charge in [0.1, 0.15) is 24.0 Å². The van der Waals surface area contributed by atoms with Gasteiger partial charge in [-0.05, 0) is 11.6 Å². The molecule has 1 aliphatic rings. The van der Waals surface area contributed by atoms with Gasteiger partial charge in [0, 0.05) is 6.20 Å². The summed E-state index contributed by atoms with van der Waals surface area (Å²) < 4.78 is 6.73. The minimum atomic E-state index is -1.40. The third kappa shape index (κ3) is 2.74. The summed E-state index contributed by atoms with van der Waals surface area (Å²) in [5, 5.41) is 50.4. The molecule has 4 atom stereocenters. The van der Waals surface area contributed by atoms with Gasteiger partial charge < -0.3 is 35.6 Å². The highest BCUT2D eigenvalue weighted by atomic mass is 35.5. The van der Waals surface area contributed by atoms with Gasteiger partial charge in [0.15, 0.2) is 17.9 Å². The minimum Gasteiger partial charge on any atom is -0.409 e. The number of aliphatic hydroxyl groups is 3. The summed E-state index contributed by atoms with van der Waals surface area (Å²) in [5.41, 5.74) is 7.68. The number of aromatic nitrogens is 3. The Bertz CT molecular complexity index is 828. The molecule has 0 bridgehead atoms. The molecule has 12 nitrogen and oxygen atoms in total. The molecule has 1 fully saturated rings. The second-order valence-electron chi connectivity index (χ2n) is 5.32. The molecule has 2 aromatic heterocycles. The maximum Gasteiger partial charge on any atom is 0.226 e. The van der Waals surface area contributed by atoms with Crippen LogP contribution in [0.2, 0.25) is 5.28 Å². The van der Waals surface area contributed by atoms with Crippen LogP contribution in [-0.2, 0) is 4.74 Å². The Labute approximate surface area is 144 Å². The average molecular weight is 375 g/mol. The summed E-state index contributed by atoms with van der Waals surface area (Å²) in [6.07, 6.45) is -3.57. The fourth-order valence-electron chi connectivity index (χ4n) is 2.75. The molecule has 1 aliphatic heterocycles. The highest BCUT2D eigenvalue weighted by Crippen LogP contribution is 2.35. The number of nitrogens with one attached hydrogen (secondary N) is 1. The Balaban J connectivity index is 2.24. The average Bonchev–Trinajstić information content (AvgIpc) is 3.12. The van der Waals surface area contributed by atoms with Crippen LogP contribution in [0.3, 0.4) is 0 Å². The highest BCUT2D eigenvalue weighted by Gasteiger charge is 2.44. The van der Waals surface area contributed by atoms with Crippen LogP contribution >= 0.6 is 11.6 Å². The number of halogens is 1. The minimum absolute atomic E-state index is 0.0768. The molecule has 8 N–H and O–H groups in total. The lowest BCUT2D eigenvalue weighted by atomic mass is 10.1. The lowest BCUT2D eigenvalue weighted by Gasteiger charge is -2.17. The maximum absolute atomic E-state index is 10.2. The van der Waals surface area contributed by atoms with E-state index in [1.54, 1.807) is 0 Å². The first-order valence-corrected chi connectivity index (χ1v) is 7.39. The maximum atomic E-state index is 10.2. The number of nitrogens with two attached hydrogens (primary N) is 1. The third-order valence-corrected chi connectivity index (χ3v) is 4.09. The standard InChI is InChI=1S/C12H15ClN6O6/c13-12-15-9(18-24)5-3(8(14)17-23)1-19(10(5)16-12)11-7(22)6(21)4(2-20)25-11/h1,4,6-7,11,20-24H,2H2,(H2,14,17)(H,15,16,18).